The maximum atomic E-state index is 14.1. The van der Waals surface area contributed by atoms with Crippen LogP contribution >= 0.6 is 0 Å². The fourth-order valence-corrected chi connectivity index (χ4v) is 7.66. The number of carbonyl (C=O) groups is 2. The summed E-state index contributed by atoms with van der Waals surface area (Å²) in [4.78, 5) is 28.6. The van der Waals surface area contributed by atoms with Crippen molar-refractivity contribution in [3.8, 4) is 5.75 Å². The Bertz CT molecular complexity index is 998. The number of nitrogens with zero attached hydrogens (tertiary/aromatic N) is 1. The van der Waals surface area contributed by atoms with Gasteiger partial charge >= 0.3 is 0 Å². The number of para-hydroxylation sites is 1. The van der Waals surface area contributed by atoms with E-state index in [1.807, 2.05) is 24.3 Å². The lowest BCUT2D eigenvalue weighted by Crippen LogP contribution is -2.66. The third-order valence-corrected chi connectivity index (χ3v) is 9.42. The van der Waals surface area contributed by atoms with Gasteiger partial charge in [0, 0.05) is 24.6 Å². The van der Waals surface area contributed by atoms with Gasteiger partial charge in [0.1, 0.15) is 5.75 Å². The molecule has 36 heavy (non-hydrogen) atoms. The number of halogens is 2. The van der Waals surface area contributed by atoms with Crippen molar-refractivity contribution in [2.24, 2.45) is 23.2 Å². The standard InChI is InChI=1S/C28H39F2N3O3/c1-26(2,33-10-6-9-28(29,30)17-33)24(34)32-23-20-11-18-12-21(23)15-27(13-18,14-20)25(35)31-16-19-7-4-5-8-22(19)36-3/h4-5,7-8,18,20-21,23H,6,9-17H2,1-3H3,(H,31,35)(H,32,34)/t18?,20-,21+,23?,27?. The van der Waals surface area contributed by atoms with E-state index in [0.29, 0.717) is 25.4 Å². The Morgan fingerprint density at radius 3 is 2.50 bits per heavy atom. The normalized spacial score (nSPS) is 33.2. The van der Waals surface area contributed by atoms with E-state index in [9.17, 15) is 18.4 Å². The number of methoxy groups -OCH3 is 1. The topological polar surface area (TPSA) is 70.7 Å². The monoisotopic (exact) mass is 503 g/mol. The molecule has 6 nitrogen and oxygen atoms in total. The number of rotatable bonds is 7. The van der Waals surface area contributed by atoms with Crippen molar-refractivity contribution in [2.75, 3.05) is 20.2 Å². The van der Waals surface area contributed by atoms with Crippen molar-refractivity contribution >= 4 is 11.8 Å². The summed E-state index contributed by atoms with van der Waals surface area (Å²) < 4.78 is 33.5. The molecule has 0 aromatic heterocycles. The first-order chi connectivity index (χ1) is 17.0. The predicted octanol–water partition coefficient (Wildman–Crippen LogP) is 4.13. The van der Waals surface area contributed by atoms with E-state index in [-0.39, 0.29) is 48.1 Å². The SMILES string of the molecule is COc1ccccc1CNC(=O)C12CC3C[C@H](C1)C(NC(=O)C(C)(C)N1CCCC(F)(F)C1)[C@@H](C3)C2. The first-order valence-corrected chi connectivity index (χ1v) is 13.4. The molecule has 1 aromatic carbocycles. The van der Waals surface area contributed by atoms with Gasteiger partial charge in [-0.05, 0) is 82.7 Å². The van der Waals surface area contributed by atoms with Crippen molar-refractivity contribution in [2.45, 2.75) is 82.8 Å². The lowest BCUT2D eigenvalue weighted by molar-refractivity contribution is -0.153. The summed E-state index contributed by atoms with van der Waals surface area (Å²) in [5.41, 5.74) is -0.430. The molecule has 5 fully saturated rings. The van der Waals surface area contributed by atoms with Crippen LogP contribution in [0.5, 0.6) is 5.75 Å². The number of ether oxygens (including phenoxy) is 1. The van der Waals surface area contributed by atoms with E-state index in [1.54, 1.807) is 25.9 Å². The zero-order valence-corrected chi connectivity index (χ0v) is 21.6. The minimum atomic E-state index is -2.75. The third-order valence-electron chi connectivity index (χ3n) is 9.42. The van der Waals surface area contributed by atoms with Crippen LogP contribution in [0.2, 0.25) is 0 Å². The highest BCUT2D eigenvalue weighted by atomic mass is 19.3. The van der Waals surface area contributed by atoms with Crippen LogP contribution < -0.4 is 15.4 Å². The minimum absolute atomic E-state index is 0.00812. The van der Waals surface area contributed by atoms with Gasteiger partial charge in [-0.3, -0.25) is 14.5 Å². The molecule has 4 bridgehead atoms. The Morgan fingerprint density at radius 2 is 1.83 bits per heavy atom. The summed E-state index contributed by atoms with van der Waals surface area (Å²) in [6.45, 7) is 4.08. The highest BCUT2D eigenvalue weighted by Crippen LogP contribution is 2.60. The highest BCUT2D eigenvalue weighted by molar-refractivity contribution is 5.86. The van der Waals surface area contributed by atoms with Crippen LogP contribution in [0, 0.1) is 23.2 Å². The third kappa shape index (κ3) is 4.61. The summed E-state index contributed by atoms with van der Waals surface area (Å²) >= 11 is 0. The molecule has 1 saturated heterocycles. The summed E-state index contributed by atoms with van der Waals surface area (Å²) in [6.07, 6.45) is 4.77. The maximum Gasteiger partial charge on any atom is 0.260 e. The number of carbonyl (C=O) groups excluding carboxylic acids is 2. The number of likely N-dealkylation sites (tertiary alicyclic amines) is 1. The molecule has 1 aromatic rings. The van der Waals surface area contributed by atoms with Crippen molar-refractivity contribution in [3.63, 3.8) is 0 Å². The lowest BCUT2D eigenvalue weighted by Gasteiger charge is -2.59. The van der Waals surface area contributed by atoms with Crippen LogP contribution in [0.3, 0.4) is 0 Å². The number of hydrogen-bond donors (Lipinski definition) is 2. The zero-order chi connectivity index (χ0) is 25.7. The van der Waals surface area contributed by atoms with Gasteiger partial charge < -0.3 is 15.4 Å². The molecule has 1 aliphatic heterocycles. The molecule has 198 valence electrons. The number of hydrogen-bond acceptors (Lipinski definition) is 4. The summed E-state index contributed by atoms with van der Waals surface area (Å²) in [5, 5.41) is 6.46. The Labute approximate surface area is 212 Å². The van der Waals surface area contributed by atoms with Gasteiger partial charge in [0.05, 0.1) is 24.6 Å². The Balaban J connectivity index is 1.24. The molecular formula is C28H39F2N3O3. The molecule has 0 spiro atoms. The van der Waals surface area contributed by atoms with Crippen molar-refractivity contribution in [3.05, 3.63) is 29.8 Å². The largest absolute Gasteiger partial charge is 0.496 e. The second kappa shape index (κ2) is 9.26. The predicted molar refractivity (Wildman–Crippen MR) is 133 cm³/mol. The first-order valence-electron chi connectivity index (χ1n) is 13.4. The van der Waals surface area contributed by atoms with Gasteiger partial charge in [-0.15, -0.1) is 0 Å². The van der Waals surface area contributed by atoms with E-state index in [0.717, 1.165) is 43.4 Å². The van der Waals surface area contributed by atoms with Crippen molar-refractivity contribution < 1.29 is 23.1 Å². The van der Waals surface area contributed by atoms with Gasteiger partial charge in [0.15, 0.2) is 0 Å². The van der Waals surface area contributed by atoms with E-state index in [4.69, 9.17) is 4.74 Å². The Morgan fingerprint density at radius 1 is 1.14 bits per heavy atom. The highest BCUT2D eigenvalue weighted by Gasteiger charge is 2.59. The van der Waals surface area contributed by atoms with Crippen LogP contribution in [0.15, 0.2) is 24.3 Å². The molecule has 4 saturated carbocycles. The smallest absolute Gasteiger partial charge is 0.260 e. The van der Waals surface area contributed by atoms with E-state index < -0.39 is 11.5 Å². The maximum absolute atomic E-state index is 14.1. The van der Waals surface area contributed by atoms with E-state index >= 15 is 0 Å². The molecule has 4 aliphatic carbocycles. The number of alkyl halides is 2. The van der Waals surface area contributed by atoms with Crippen molar-refractivity contribution in [1.29, 1.82) is 0 Å². The lowest BCUT2D eigenvalue weighted by atomic mass is 9.47. The average molecular weight is 504 g/mol. The van der Waals surface area contributed by atoms with Crippen LogP contribution in [0.1, 0.15) is 64.4 Å². The molecule has 5 aliphatic rings. The Kier molecular flexibility index (Phi) is 6.54. The fourth-order valence-electron chi connectivity index (χ4n) is 7.66. The number of nitrogens with one attached hydrogen (secondary N) is 2. The Hall–Kier alpha value is -2.22. The van der Waals surface area contributed by atoms with Gasteiger partial charge in [0.2, 0.25) is 11.8 Å². The molecule has 2 amide bonds. The number of piperidine rings is 1. The molecule has 3 unspecified atom stereocenters. The van der Waals surface area contributed by atoms with Gasteiger partial charge in [-0.2, -0.15) is 0 Å². The van der Waals surface area contributed by atoms with Gasteiger partial charge in [-0.25, -0.2) is 8.78 Å². The molecule has 2 N–H and O–H groups in total. The van der Waals surface area contributed by atoms with Crippen LogP contribution in [-0.4, -0.2) is 54.4 Å². The first kappa shape index (κ1) is 25.4. The molecule has 6 rings (SSSR count). The van der Waals surface area contributed by atoms with E-state index in [2.05, 4.69) is 10.6 Å². The van der Waals surface area contributed by atoms with Gasteiger partial charge in [0.25, 0.3) is 5.92 Å². The second-order valence-corrected chi connectivity index (χ2v) is 12.2. The molecule has 8 heteroatoms. The fraction of sp³-hybridized carbons (Fsp3) is 0.714. The number of amides is 2. The quantitative estimate of drug-likeness (QED) is 0.587. The molecule has 0 radical (unpaired) electrons. The molecule has 5 atom stereocenters. The second-order valence-electron chi connectivity index (χ2n) is 12.2. The summed E-state index contributed by atoms with van der Waals surface area (Å²) in [6, 6.07) is 7.72. The minimum Gasteiger partial charge on any atom is -0.496 e. The van der Waals surface area contributed by atoms with E-state index in [1.165, 1.54) is 0 Å². The zero-order valence-electron chi connectivity index (χ0n) is 21.6. The summed E-state index contributed by atoms with van der Waals surface area (Å²) in [5.74, 6) is -1.06. The average Bonchev–Trinajstić information content (AvgIpc) is 2.83. The molecule has 1 heterocycles. The number of benzene rings is 1. The van der Waals surface area contributed by atoms with Crippen LogP contribution in [0.25, 0.3) is 0 Å². The van der Waals surface area contributed by atoms with Gasteiger partial charge in [-0.1, -0.05) is 18.2 Å². The van der Waals surface area contributed by atoms with Crippen LogP contribution in [0.4, 0.5) is 8.78 Å². The van der Waals surface area contributed by atoms with Crippen LogP contribution in [-0.2, 0) is 16.1 Å². The summed E-state index contributed by atoms with van der Waals surface area (Å²) in [7, 11) is 1.63. The molecular weight excluding hydrogens is 464 g/mol. The van der Waals surface area contributed by atoms with Crippen molar-refractivity contribution in [1.82, 2.24) is 15.5 Å².